The molecule has 1 aromatic carbocycles. The van der Waals surface area contributed by atoms with Crippen molar-refractivity contribution in [2.75, 3.05) is 11.0 Å². The van der Waals surface area contributed by atoms with Crippen LogP contribution in [-0.4, -0.2) is 19.7 Å². The molecule has 1 N–H and O–H groups in total. The summed E-state index contributed by atoms with van der Waals surface area (Å²) in [5.41, 5.74) is 1.78. The zero-order chi connectivity index (χ0) is 14.2. The molecule has 0 atom stereocenters. The lowest BCUT2D eigenvalue weighted by Crippen LogP contribution is -2.11. The van der Waals surface area contributed by atoms with E-state index in [4.69, 9.17) is 0 Å². The minimum Gasteiger partial charge on any atom is -0.268 e. The van der Waals surface area contributed by atoms with Crippen LogP contribution in [0.4, 0.5) is 5.82 Å². The maximum Gasteiger partial charge on any atom is 0.230 e. The van der Waals surface area contributed by atoms with Gasteiger partial charge in [0, 0.05) is 16.3 Å². The molecule has 0 radical (unpaired) electrons. The monoisotopic (exact) mass is 304 g/mol. The topological polar surface area (TPSA) is 59.1 Å². The highest BCUT2D eigenvalue weighted by atomic mass is 32.2. The second-order valence-electron chi connectivity index (χ2n) is 4.46. The number of thiophene rings is 1. The van der Waals surface area contributed by atoms with Gasteiger partial charge in [-0.2, -0.15) is 11.3 Å². The molecule has 0 aliphatic rings. The molecule has 0 aliphatic heterocycles. The van der Waals surface area contributed by atoms with Gasteiger partial charge in [0.25, 0.3) is 0 Å². The largest absolute Gasteiger partial charge is 0.268 e. The van der Waals surface area contributed by atoms with Gasteiger partial charge in [-0.15, -0.1) is 0 Å². The highest BCUT2D eigenvalue weighted by Crippen LogP contribution is 2.30. The van der Waals surface area contributed by atoms with Crippen LogP contribution in [0, 0.1) is 0 Å². The predicted octanol–water partition coefficient (Wildman–Crippen LogP) is 3.33. The zero-order valence-corrected chi connectivity index (χ0v) is 12.3. The number of nitrogens with zero attached hydrogens (tertiary/aromatic N) is 1. The number of rotatable bonds is 3. The SMILES string of the molecule is CS(=O)(=O)Nc1cc2ccccc2c(-c2ccsc2)n1. The van der Waals surface area contributed by atoms with E-state index in [1.807, 2.05) is 41.1 Å². The Balaban J connectivity index is 2.26. The molecule has 102 valence electrons. The summed E-state index contributed by atoms with van der Waals surface area (Å²) in [5.74, 6) is 0.340. The smallest absolute Gasteiger partial charge is 0.230 e. The van der Waals surface area contributed by atoms with E-state index in [-0.39, 0.29) is 0 Å². The average Bonchev–Trinajstić information content (AvgIpc) is 2.89. The van der Waals surface area contributed by atoms with Crippen molar-refractivity contribution in [3.63, 3.8) is 0 Å². The van der Waals surface area contributed by atoms with Gasteiger partial charge >= 0.3 is 0 Å². The van der Waals surface area contributed by atoms with E-state index >= 15 is 0 Å². The van der Waals surface area contributed by atoms with Crippen molar-refractivity contribution in [2.24, 2.45) is 0 Å². The first-order chi connectivity index (χ1) is 9.53. The molecule has 0 bridgehead atoms. The Labute approximate surface area is 121 Å². The lowest BCUT2D eigenvalue weighted by Gasteiger charge is -2.09. The van der Waals surface area contributed by atoms with Crippen LogP contribution in [0.25, 0.3) is 22.0 Å². The Morgan fingerprint density at radius 1 is 1.20 bits per heavy atom. The van der Waals surface area contributed by atoms with E-state index in [9.17, 15) is 8.42 Å². The van der Waals surface area contributed by atoms with Crippen LogP contribution in [-0.2, 0) is 10.0 Å². The minimum atomic E-state index is -3.34. The van der Waals surface area contributed by atoms with Crippen LogP contribution in [0.3, 0.4) is 0 Å². The van der Waals surface area contributed by atoms with E-state index < -0.39 is 10.0 Å². The highest BCUT2D eigenvalue weighted by Gasteiger charge is 2.10. The molecular formula is C14H12N2O2S2. The molecule has 0 saturated heterocycles. The summed E-state index contributed by atoms with van der Waals surface area (Å²) < 4.78 is 25.2. The van der Waals surface area contributed by atoms with Crippen molar-refractivity contribution in [1.29, 1.82) is 0 Å². The molecule has 0 spiro atoms. The van der Waals surface area contributed by atoms with Gasteiger partial charge in [-0.1, -0.05) is 24.3 Å². The normalized spacial score (nSPS) is 11.7. The second-order valence-corrected chi connectivity index (χ2v) is 6.99. The maximum absolute atomic E-state index is 11.4. The predicted molar refractivity (Wildman–Crippen MR) is 83.5 cm³/mol. The Bertz CT molecular complexity index is 856. The average molecular weight is 304 g/mol. The van der Waals surface area contributed by atoms with Gasteiger partial charge in [-0.25, -0.2) is 13.4 Å². The summed E-state index contributed by atoms with van der Waals surface area (Å²) in [4.78, 5) is 4.45. The molecule has 6 heteroatoms. The molecule has 2 heterocycles. The third-order valence-corrected chi connectivity index (χ3v) is 4.09. The number of anilines is 1. The molecule has 0 amide bonds. The molecule has 0 saturated carbocycles. The highest BCUT2D eigenvalue weighted by molar-refractivity contribution is 7.92. The van der Waals surface area contributed by atoms with Gasteiger partial charge < -0.3 is 0 Å². The Morgan fingerprint density at radius 2 is 2.00 bits per heavy atom. The molecule has 3 rings (SSSR count). The number of sulfonamides is 1. The summed E-state index contributed by atoms with van der Waals surface area (Å²) >= 11 is 1.58. The molecule has 4 nitrogen and oxygen atoms in total. The molecule has 20 heavy (non-hydrogen) atoms. The number of fused-ring (bicyclic) bond motifs is 1. The number of aromatic nitrogens is 1. The fraction of sp³-hybridized carbons (Fsp3) is 0.0714. The van der Waals surface area contributed by atoms with Crippen LogP contribution < -0.4 is 4.72 Å². The molecule has 3 aromatic rings. The van der Waals surface area contributed by atoms with Crippen molar-refractivity contribution >= 4 is 38.0 Å². The lowest BCUT2D eigenvalue weighted by molar-refractivity contribution is 0.606. The first kappa shape index (κ1) is 13.1. The molecule has 0 fully saturated rings. The number of hydrogen-bond donors (Lipinski definition) is 1. The first-order valence-electron chi connectivity index (χ1n) is 5.93. The van der Waals surface area contributed by atoms with Crippen LogP contribution in [0.5, 0.6) is 0 Å². The fourth-order valence-corrected chi connectivity index (χ4v) is 3.19. The van der Waals surface area contributed by atoms with Crippen molar-refractivity contribution in [3.8, 4) is 11.3 Å². The minimum absolute atomic E-state index is 0.340. The van der Waals surface area contributed by atoms with Gasteiger partial charge in [-0.05, 0) is 22.9 Å². The number of nitrogens with one attached hydrogen (secondary N) is 1. The second kappa shape index (κ2) is 4.88. The third kappa shape index (κ3) is 2.66. The van der Waals surface area contributed by atoms with Crippen molar-refractivity contribution < 1.29 is 8.42 Å². The summed E-state index contributed by atoms with van der Waals surface area (Å²) in [6, 6.07) is 11.5. The van der Waals surface area contributed by atoms with Crippen LogP contribution in [0.15, 0.2) is 47.2 Å². The van der Waals surface area contributed by atoms with Gasteiger partial charge in [0.2, 0.25) is 10.0 Å². The summed E-state index contributed by atoms with van der Waals surface area (Å²) in [6.45, 7) is 0. The van der Waals surface area contributed by atoms with Gasteiger partial charge in [0.1, 0.15) is 5.82 Å². The van der Waals surface area contributed by atoms with E-state index in [2.05, 4.69) is 9.71 Å². The maximum atomic E-state index is 11.4. The van der Waals surface area contributed by atoms with Crippen LogP contribution in [0.2, 0.25) is 0 Å². The van der Waals surface area contributed by atoms with Gasteiger partial charge in [0.05, 0.1) is 11.9 Å². The van der Waals surface area contributed by atoms with Gasteiger partial charge in [-0.3, -0.25) is 4.72 Å². The molecule has 0 unspecified atom stereocenters. The lowest BCUT2D eigenvalue weighted by atomic mass is 10.1. The first-order valence-corrected chi connectivity index (χ1v) is 8.76. The van der Waals surface area contributed by atoms with E-state index in [0.717, 1.165) is 28.3 Å². The molecular weight excluding hydrogens is 292 g/mol. The standard InChI is InChI=1S/C14H12N2O2S2/c1-20(17,18)16-13-8-10-4-2-3-5-12(10)14(15-13)11-6-7-19-9-11/h2-9H,1H3,(H,15,16). The summed E-state index contributed by atoms with van der Waals surface area (Å²) in [6.07, 6.45) is 1.12. The van der Waals surface area contributed by atoms with E-state index in [0.29, 0.717) is 5.82 Å². The number of benzene rings is 1. The Kier molecular flexibility index (Phi) is 3.19. The summed E-state index contributed by atoms with van der Waals surface area (Å²) in [7, 11) is -3.34. The fourth-order valence-electron chi connectivity index (χ4n) is 2.06. The van der Waals surface area contributed by atoms with E-state index in [1.165, 1.54) is 0 Å². The van der Waals surface area contributed by atoms with Crippen LogP contribution >= 0.6 is 11.3 Å². The summed E-state index contributed by atoms with van der Waals surface area (Å²) in [5, 5.41) is 5.93. The molecule has 0 aliphatic carbocycles. The van der Waals surface area contributed by atoms with Crippen molar-refractivity contribution in [3.05, 3.63) is 47.2 Å². The van der Waals surface area contributed by atoms with Gasteiger partial charge in [0.15, 0.2) is 0 Å². The zero-order valence-electron chi connectivity index (χ0n) is 10.7. The third-order valence-electron chi connectivity index (χ3n) is 2.82. The quantitative estimate of drug-likeness (QED) is 0.807. The Hall–Kier alpha value is -1.92. The van der Waals surface area contributed by atoms with Crippen molar-refractivity contribution in [2.45, 2.75) is 0 Å². The number of hydrogen-bond acceptors (Lipinski definition) is 4. The van der Waals surface area contributed by atoms with E-state index in [1.54, 1.807) is 17.4 Å². The van der Waals surface area contributed by atoms with Crippen LogP contribution in [0.1, 0.15) is 0 Å². The van der Waals surface area contributed by atoms with Crippen molar-refractivity contribution in [1.82, 2.24) is 4.98 Å². The Morgan fingerprint density at radius 3 is 2.70 bits per heavy atom. The number of pyridine rings is 1. The molecule has 2 aromatic heterocycles.